The summed E-state index contributed by atoms with van der Waals surface area (Å²) in [5.74, 6) is 0.303. The number of rotatable bonds is 1. The first-order valence-corrected chi connectivity index (χ1v) is 4.53. The number of carboxylic acid groups (broad SMARTS) is 2. The molecule has 1 rings (SSSR count). The van der Waals surface area contributed by atoms with Crippen LogP contribution in [0.2, 0.25) is 0 Å². The van der Waals surface area contributed by atoms with Crippen molar-refractivity contribution in [1.29, 1.82) is 0 Å². The van der Waals surface area contributed by atoms with Crippen molar-refractivity contribution in [3.63, 3.8) is 0 Å². The third-order valence-corrected chi connectivity index (χ3v) is 1.47. The van der Waals surface area contributed by atoms with Crippen molar-refractivity contribution in [2.45, 2.75) is 33.2 Å². The normalized spacial score (nSPS) is 17.5. The molecule has 1 atom stereocenters. The molecular formula is C10H16NNaO4. The van der Waals surface area contributed by atoms with Gasteiger partial charge in [0, 0.05) is 6.20 Å². The minimum atomic E-state index is -1.23. The zero-order valence-corrected chi connectivity index (χ0v) is 12.1. The Labute approximate surface area is 117 Å². The van der Waals surface area contributed by atoms with E-state index in [1.54, 1.807) is 0 Å². The molecule has 0 saturated heterocycles. The number of hydrogen-bond donors (Lipinski definition) is 2. The maximum Gasteiger partial charge on any atom is 1.00 e. The van der Waals surface area contributed by atoms with Gasteiger partial charge in [-0.3, -0.25) is 4.90 Å². The standard InChI is InChI=1S/C6H7NO4.C4H9.Na/c8-5(9)4-2-1-3-7(4)6(10)11;1-4(2)3;/h1,3-4H,2H2,(H,8,9)(H,10,11);1-3H3;/q;-1;+1. The van der Waals surface area contributed by atoms with Crippen molar-refractivity contribution in [2.24, 2.45) is 0 Å². The molecule has 1 unspecified atom stereocenters. The molecule has 5 nitrogen and oxygen atoms in total. The van der Waals surface area contributed by atoms with Crippen LogP contribution in [0.15, 0.2) is 12.3 Å². The number of hydrogen-bond acceptors (Lipinski definition) is 2. The first-order valence-electron chi connectivity index (χ1n) is 4.53. The Hall–Kier alpha value is -0.520. The summed E-state index contributed by atoms with van der Waals surface area (Å²) >= 11 is 0. The molecule has 0 aromatic rings. The molecular weight excluding hydrogens is 221 g/mol. The van der Waals surface area contributed by atoms with Crippen molar-refractivity contribution in [1.82, 2.24) is 4.90 Å². The fourth-order valence-electron chi connectivity index (χ4n) is 0.938. The monoisotopic (exact) mass is 237 g/mol. The Morgan fingerprint density at radius 3 is 2.00 bits per heavy atom. The molecule has 16 heavy (non-hydrogen) atoms. The van der Waals surface area contributed by atoms with Crippen LogP contribution in [0.4, 0.5) is 4.79 Å². The van der Waals surface area contributed by atoms with E-state index in [1.807, 2.05) is 0 Å². The van der Waals surface area contributed by atoms with Crippen molar-refractivity contribution in [2.75, 3.05) is 0 Å². The van der Waals surface area contributed by atoms with Crippen LogP contribution in [0.3, 0.4) is 0 Å². The Kier molecular flexibility index (Phi) is 9.61. The van der Waals surface area contributed by atoms with E-state index >= 15 is 0 Å². The second-order valence-corrected chi connectivity index (χ2v) is 3.66. The molecule has 0 bridgehead atoms. The van der Waals surface area contributed by atoms with Gasteiger partial charge in [-0.1, -0.05) is 6.08 Å². The van der Waals surface area contributed by atoms with E-state index in [0.717, 1.165) is 4.90 Å². The summed E-state index contributed by atoms with van der Waals surface area (Å²) in [6, 6.07) is -0.938. The van der Waals surface area contributed by atoms with Gasteiger partial charge in [-0.15, -0.1) is 0 Å². The first kappa shape index (κ1) is 17.9. The number of amides is 1. The third-order valence-electron chi connectivity index (χ3n) is 1.47. The minimum absolute atomic E-state index is 0. The Bertz CT molecular complexity index is 263. The summed E-state index contributed by atoms with van der Waals surface area (Å²) in [5, 5.41) is 16.9. The zero-order valence-electron chi connectivity index (χ0n) is 10.1. The van der Waals surface area contributed by atoms with Gasteiger partial charge in [0.05, 0.1) is 0 Å². The second-order valence-electron chi connectivity index (χ2n) is 3.66. The SMILES string of the molecule is C[C-](C)C.O=C(O)C1CC=CN1C(=O)O.[Na+]. The predicted octanol–water partition coefficient (Wildman–Crippen LogP) is -1.04. The van der Waals surface area contributed by atoms with Gasteiger partial charge in [0.1, 0.15) is 6.04 Å². The van der Waals surface area contributed by atoms with Gasteiger partial charge >= 0.3 is 41.6 Å². The van der Waals surface area contributed by atoms with Crippen molar-refractivity contribution in [3.8, 4) is 0 Å². The Morgan fingerprint density at radius 2 is 1.75 bits per heavy atom. The maximum atomic E-state index is 10.4. The summed E-state index contributed by atoms with van der Waals surface area (Å²) in [4.78, 5) is 21.5. The third kappa shape index (κ3) is 6.87. The molecule has 0 aromatic heterocycles. The van der Waals surface area contributed by atoms with Crippen molar-refractivity contribution < 1.29 is 49.4 Å². The number of nitrogens with zero attached hydrogens (tertiary/aromatic N) is 1. The van der Waals surface area contributed by atoms with Crippen molar-refractivity contribution >= 4 is 12.1 Å². The second kappa shape index (κ2) is 8.61. The van der Waals surface area contributed by atoms with E-state index < -0.39 is 18.1 Å². The van der Waals surface area contributed by atoms with Crippen LogP contribution < -0.4 is 29.6 Å². The number of carbonyl (C=O) groups is 2. The molecule has 0 radical (unpaired) electrons. The molecule has 1 aliphatic heterocycles. The van der Waals surface area contributed by atoms with Gasteiger partial charge in [0.2, 0.25) is 0 Å². The smallest absolute Gasteiger partial charge is 0.480 e. The molecule has 0 fully saturated rings. The van der Waals surface area contributed by atoms with Gasteiger partial charge in [-0.25, -0.2) is 9.59 Å². The van der Waals surface area contributed by atoms with Gasteiger partial charge < -0.3 is 16.1 Å². The largest absolute Gasteiger partial charge is 1.00 e. The van der Waals surface area contributed by atoms with E-state index in [2.05, 4.69) is 20.8 Å². The molecule has 1 amide bonds. The van der Waals surface area contributed by atoms with Gasteiger partial charge in [-0.2, -0.15) is 20.8 Å². The van der Waals surface area contributed by atoms with E-state index in [0.29, 0.717) is 0 Å². The van der Waals surface area contributed by atoms with E-state index in [4.69, 9.17) is 10.2 Å². The summed E-state index contributed by atoms with van der Waals surface area (Å²) in [7, 11) is 0. The molecule has 6 heteroatoms. The van der Waals surface area contributed by atoms with Crippen LogP contribution in [-0.4, -0.2) is 33.2 Å². The number of carboxylic acids is 1. The molecule has 86 valence electrons. The van der Waals surface area contributed by atoms with Gasteiger partial charge in [0.15, 0.2) is 0 Å². The molecule has 2 N–H and O–H groups in total. The van der Waals surface area contributed by atoms with Gasteiger partial charge in [0.25, 0.3) is 0 Å². The number of aliphatic carboxylic acids is 1. The summed E-state index contributed by atoms with van der Waals surface area (Å²) < 4.78 is 0. The van der Waals surface area contributed by atoms with Crippen LogP contribution in [0.25, 0.3) is 0 Å². The average Bonchev–Trinajstić information content (AvgIpc) is 2.49. The van der Waals surface area contributed by atoms with Crippen molar-refractivity contribution in [3.05, 3.63) is 18.2 Å². The maximum absolute atomic E-state index is 10.4. The first-order chi connectivity index (χ1) is 6.86. The fourth-order valence-corrected chi connectivity index (χ4v) is 0.938. The van der Waals surface area contributed by atoms with Crippen LogP contribution in [0.1, 0.15) is 27.2 Å². The van der Waals surface area contributed by atoms with E-state index in [9.17, 15) is 9.59 Å². The minimum Gasteiger partial charge on any atom is -0.480 e. The van der Waals surface area contributed by atoms with E-state index in [-0.39, 0.29) is 36.0 Å². The zero-order chi connectivity index (χ0) is 12.0. The quantitative estimate of drug-likeness (QED) is 0.451. The molecule has 0 aromatic carbocycles. The predicted molar refractivity (Wildman–Crippen MR) is 55.3 cm³/mol. The molecule has 0 spiro atoms. The summed E-state index contributed by atoms with van der Waals surface area (Å²) in [6.45, 7) is 6.25. The average molecular weight is 237 g/mol. The summed E-state index contributed by atoms with van der Waals surface area (Å²) in [5.41, 5.74) is 0. The molecule has 1 aliphatic rings. The fraction of sp³-hybridized carbons (Fsp3) is 0.500. The molecule has 1 heterocycles. The van der Waals surface area contributed by atoms with Crippen LogP contribution in [0.5, 0.6) is 0 Å². The summed E-state index contributed by atoms with van der Waals surface area (Å²) in [6.07, 6.45) is 1.81. The van der Waals surface area contributed by atoms with E-state index in [1.165, 1.54) is 18.2 Å². The topological polar surface area (TPSA) is 77.8 Å². The van der Waals surface area contributed by atoms with Gasteiger partial charge in [-0.05, 0) is 6.42 Å². The Morgan fingerprint density at radius 1 is 1.31 bits per heavy atom. The molecule has 0 aliphatic carbocycles. The van der Waals surface area contributed by atoms with Crippen LogP contribution in [0, 0.1) is 5.92 Å². The Balaban J connectivity index is 0. The molecule has 0 saturated carbocycles. The van der Waals surface area contributed by atoms with Crippen LogP contribution in [-0.2, 0) is 4.79 Å². The van der Waals surface area contributed by atoms with Crippen LogP contribution >= 0.6 is 0 Å².